The molecule has 0 aliphatic rings. The summed E-state index contributed by atoms with van der Waals surface area (Å²) in [6, 6.07) is 6.67. The van der Waals surface area contributed by atoms with Crippen molar-refractivity contribution in [3.63, 3.8) is 0 Å². The van der Waals surface area contributed by atoms with Gasteiger partial charge in [-0.25, -0.2) is 4.21 Å². The number of hydrogen-bond acceptors (Lipinski definition) is 2. The first-order valence-electron chi connectivity index (χ1n) is 4.51. The lowest BCUT2D eigenvalue weighted by molar-refractivity contribution is 0.217. The second-order valence-corrected chi connectivity index (χ2v) is 4.03. The van der Waals surface area contributed by atoms with Gasteiger partial charge in [0.2, 0.25) is 0 Å². The third-order valence-corrected chi connectivity index (χ3v) is 2.58. The molecule has 0 aliphatic heterocycles. The second-order valence-electron chi connectivity index (χ2n) is 3.06. The highest BCUT2D eigenvalue weighted by Gasteiger charge is 2.04. The van der Waals surface area contributed by atoms with Crippen LogP contribution in [0.15, 0.2) is 29.2 Å². The topological polar surface area (TPSA) is 46.5 Å². The maximum absolute atomic E-state index is 10.8. The highest BCUT2D eigenvalue weighted by molar-refractivity contribution is 7.79. The van der Waals surface area contributed by atoms with Crippen LogP contribution >= 0.6 is 0 Å². The van der Waals surface area contributed by atoms with Crippen LogP contribution in [0.3, 0.4) is 0 Å². The predicted molar refractivity (Wildman–Crippen MR) is 55.9 cm³/mol. The molecule has 0 saturated heterocycles. The van der Waals surface area contributed by atoms with Crippen molar-refractivity contribution >= 4 is 11.1 Å². The van der Waals surface area contributed by atoms with Crippen LogP contribution in [0.4, 0.5) is 0 Å². The summed E-state index contributed by atoms with van der Waals surface area (Å²) in [6.07, 6.45) is 1.03. The normalized spacial score (nSPS) is 14.8. The Labute approximate surface area is 86.4 Å². The number of rotatable bonds is 4. The second kappa shape index (κ2) is 5.12. The predicted octanol–water partition coefficient (Wildman–Crippen LogP) is 2.44. The lowest BCUT2D eigenvalue weighted by Crippen LogP contribution is -2.09. The van der Waals surface area contributed by atoms with Gasteiger partial charge in [0, 0.05) is 0 Å². The van der Waals surface area contributed by atoms with Crippen LogP contribution < -0.4 is 4.74 Å². The first-order valence-corrected chi connectivity index (χ1v) is 5.61. The van der Waals surface area contributed by atoms with Crippen LogP contribution in [0.5, 0.6) is 5.75 Å². The minimum atomic E-state index is -1.94. The summed E-state index contributed by atoms with van der Waals surface area (Å²) in [4.78, 5) is 0.366. The molecule has 2 atom stereocenters. The zero-order chi connectivity index (χ0) is 10.6. The molecule has 1 aromatic carbocycles. The zero-order valence-electron chi connectivity index (χ0n) is 8.27. The van der Waals surface area contributed by atoms with Crippen LogP contribution in [0.2, 0.25) is 0 Å². The Bertz CT molecular complexity index is 325. The summed E-state index contributed by atoms with van der Waals surface area (Å²) in [7, 11) is 0. The SMILES string of the molecule is CCC(C)Oc1cccc(S(=O)O)c1. The van der Waals surface area contributed by atoms with Gasteiger partial charge in [0.25, 0.3) is 0 Å². The van der Waals surface area contributed by atoms with Gasteiger partial charge >= 0.3 is 0 Å². The first-order chi connectivity index (χ1) is 6.63. The monoisotopic (exact) mass is 214 g/mol. The van der Waals surface area contributed by atoms with Gasteiger partial charge in [-0.1, -0.05) is 13.0 Å². The molecule has 0 aromatic heterocycles. The molecule has 0 bridgehead atoms. The van der Waals surface area contributed by atoms with Crippen LogP contribution in [-0.2, 0) is 11.1 Å². The molecule has 4 heteroatoms. The van der Waals surface area contributed by atoms with E-state index in [0.717, 1.165) is 6.42 Å². The molecule has 0 aliphatic carbocycles. The van der Waals surface area contributed by atoms with Crippen LogP contribution in [0.1, 0.15) is 20.3 Å². The molecule has 0 fully saturated rings. The molecule has 1 rings (SSSR count). The molecule has 0 heterocycles. The van der Waals surface area contributed by atoms with E-state index in [1.165, 1.54) is 0 Å². The van der Waals surface area contributed by atoms with E-state index >= 15 is 0 Å². The molecular formula is C10H14O3S. The molecule has 1 N–H and O–H groups in total. The van der Waals surface area contributed by atoms with Gasteiger partial charge in [0.05, 0.1) is 11.0 Å². The van der Waals surface area contributed by atoms with Crippen LogP contribution in [-0.4, -0.2) is 14.9 Å². The van der Waals surface area contributed by atoms with Crippen molar-refractivity contribution in [2.45, 2.75) is 31.3 Å². The first kappa shape index (κ1) is 11.2. The molecule has 0 amide bonds. The Kier molecular flexibility index (Phi) is 4.10. The van der Waals surface area contributed by atoms with E-state index in [9.17, 15) is 4.21 Å². The lowest BCUT2D eigenvalue weighted by Gasteiger charge is -2.12. The van der Waals surface area contributed by atoms with Crippen molar-refractivity contribution < 1.29 is 13.5 Å². The Balaban J connectivity index is 2.78. The maximum atomic E-state index is 10.8. The fourth-order valence-electron chi connectivity index (χ4n) is 0.972. The Hall–Kier alpha value is -0.870. The summed E-state index contributed by atoms with van der Waals surface area (Å²) in [6.45, 7) is 3.99. The Morgan fingerprint density at radius 3 is 2.86 bits per heavy atom. The summed E-state index contributed by atoms with van der Waals surface area (Å²) in [5, 5.41) is 0. The average Bonchev–Trinajstić information content (AvgIpc) is 2.18. The third kappa shape index (κ3) is 3.12. The van der Waals surface area contributed by atoms with Crippen LogP contribution in [0, 0.1) is 0 Å². The van der Waals surface area contributed by atoms with Crippen molar-refractivity contribution in [1.29, 1.82) is 0 Å². The molecular weight excluding hydrogens is 200 g/mol. The summed E-state index contributed by atoms with van der Waals surface area (Å²) in [5.41, 5.74) is 0. The Morgan fingerprint density at radius 2 is 2.29 bits per heavy atom. The van der Waals surface area contributed by atoms with Gasteiger partial charge in [-0.3, -0.25) is 0 Å². The smallest absolute Gasteiger partial charge is 0.186 e. The fraction of sp³-hybridized carbons (Fsp3) is 0.400. The molecule has 14 heavy (non-hydrogen) atoms. The van der Waals surface area contributed by atoms with E-state index in [1.807, 2.05) is 13.8 Å². The molecule has 0 saturated carbocycles. The third-order valence-electron chi connectivity index (χ3n) is 1.92. The van der Waals surface area contributed by atoms with Gasteiger partial charge in [-0.2, -0.15) is 0 Å². The van der Waals surface area contributed by atoms with Crippen molar-refractivity contribution in [2.24, 2.45) is 0 Å². The molecule has 2 unspecified atom stereocenters. The van der Waals surface area contributed by atoms with E-state index in [0.29, 0.717) is 10.6 Å². The Morgan fingerprint density at radius 1 is 1.57 bits per heavy atom. The van der Waals surface area contributed by atoms with E-state index < -0.39 is 11.1 Å². The minimum Gasteiger partial charge on any atom is -0.491 e. The van der Waals surface area contributed by atoms with Crippen molar-refractivity contribution in [2.75, 3.05) is 0 Å². The van der Waals surface area contributed by atoms with Crippen molar-refractivity contribution in [3.8, 4) is 5.75 Å². The van der Waals surface area contributed by atoms with Crippen LogP contribution in [0.25, 0.3) is 0 Å². The van der Waals surface area contributed by atoms with E-state index in [-0.39, 0.29) is 6.10 Å². The van der Waals surface area contributed by atoms with E-state index in [2.05, 4.69) is 0 Å². The lowest BCUT2D eigenvalue weighted by atomic mass is 10.3. The molecule has 1 aromatic rings. The van der Waals surface area contributed by atoms with Gasteiger partial charge in [0.15, 0.2) is 11.1 Å². The maximum Gasteiger partial charge on any atom is 0.186 e. The van der Waals surface area contributed by atoms with Crippen molar-refractivity contribution in [3.05, 3.63) is 24.3 Å². The standard InChI is InChI=1S/C10H14O3S/c1-3-8(2)13-9-5-4-6-10(7-9)14(11)12/h4-8H,3H2,1-2H3,(H,11,12). The number of benzene rings is 1. The quantitative estimate of drug-likeness (QED) is 0.783. The van der Waals surface area contributed by atoms with E-state index in [1.54, 1.807) is 24.3 Å². The summed E-state index contributed by atoms with van der Waals surface area (Å²) < 4.78 is 25.1. The molecule has 78 valence electrons. The van der Waals surface area contributed by atoms with Crippen molar-refractivity contribution in [1.82, 2.24) is 0 Å². The highest BCUT2D eigenvalue weighted by atomic mass is 32.2. The number of ether oxygens (including phenoxy) is 1. The van der Waals surface area contributed by atoms with Gasteiger partial charge in [0.1, 0.15) is 5.75 Å². The number of hydrogen-bond donors (Lipinski definition) is 1. The minimum absolute atomic E-state index is 0.123. The van der Waals surface area contributed by atoms with Gasteiger partial charge < -0.3 is 9.29 Å². The largest absolute Gasteiger partial charge is 0.491 e. The fourth-order valence-corrected chi connectivity index (χ4v) is 1.38. The molecule has 0 radical (unpaired) electrons. The highest BCUT2D eigenvalue weighted by Crippen LogP contribution is 2.17. The summed E-state index contributed by atoms with van der Waals surface area (Å²) in [5.74, 6) is 0.638. The van der Waals surface area contributed by atoms with Gasteiger partial charge in [-0.05, 0) is 31.5 Å². The zero-order valence-corrected chi connectivity index (χ0v) is 9.08. The van der Waals surface area contributed by atoms with Gasteiger partial charge in [-0.15, -0.1) is 0 Å². The molecule has 0 spiro atoms. The average molecular weight is 214 g/mol. The summed E-state index contributed by atoms with van der Waals surface area (Å²) >= 11 is -1.94. The van der Waals surface area contributed by atoms with E-state index in [4.69, 9.17) is 9.29 Å². The molecule has 3 nitrogen and oxygen atoms in total.